The minimum Gasteiger partial charge on any atom is -0.493 e. The summed E-state index contributed by atoms with van der Waals surface area (Å²) in [5.74, 6) is 1.68. The second-order valence-electron chi connectivity index (χ2n) is 5.61. The SMILES string of the molecule is COc1ccc(CCCc2ccc(OC)c(OP(=O)(O)O)c2)cc1OC. The zero-order chi connectivity index (χ0) is 19.2. The van der Waals surface area contributed by atoms with Crippen molar-refractivity contribution in [3.05, 3.63) is 47.5 Å². The van der Waals surface area contributed by atoms with E-state index in [4.69, 9.17) is 28.5 Å². The fourth-order valence-electron chi connectivity index (χ4n) is 2.61. The van der Waals surface area contributed by atoms with Gasteiger partial charge in [0.2, 0.25) is 0 Å². The quantitative estimate of drug-likeness (QED) is 0.642. The molecule has 0 saturated heterocycles. The number of hydrogen-bond acceptors (Lipinski definition) is 5. The Morgan fingerprint density at radius 3 is 1.69 bits per heavy atom. The molecule has 0 spiro atoms. The molecule has 0 saturated carbocycles. The Balaban J connectivity index is 2.03. The maximum atomic E-state index is 11.1. The van der Waals surface area contributed by atoms with E-state index in [-0.39, 0.29) is 11.5 Å². The second kappa shape index (κ2) is 8.94. The van der Waals surface area contributed by atoms with E-state index < -0.39 is 7.82 Å². The van der Waals surface area contributed by atoms with Gasteiger partial charge in [0.05, 0.1) is 21.3 Å². The van der Waals surface area contributed by atoms with Crippen LogP contribution in [0.4, 0.5) is 0 Å². The summed E-state index contributed by atoms with van der Waals surface area (Å²) in [6.07, 6.45) is 2.38. The number of hydrogen-bond donors (Lipinski definition) is 2. The summed E-state index contributed by atoms with van der Waals surface area (Å²) in [6, 6.07) is 10.9. The number of aryl methyl sites for hydroxylation is 2. The van der Waals surface area contributed by atoms with Crippen molar-refractivity contribution >= 4 is 7.82 Å². The maximum Gasteiger partial charge on any atom is 0.524 e. The van der Waals surface area contributed by atoms with Crippen LogP contribution >= 0.6 is 7.82 Å². The molecule has 0 radical (unpaired) electrons. The maximum absolute atomic E-state index is 11.1. The molecular weight excluding hydrogens is 359 g/mol. The lowest BCUT2D eigenvalue weighted by atomic mass is 10.0. The first-order chi connectivity index (χ1) is 12.4. The minimum atomic E-state index is -4.64. The standard InChI is InChI=1S/C18H23O7P/c1-22-15-9-7-13(11-17(15)24-3)5-4-6-14-8-10-16(23-2)18(12-14)25-26(19,20)21/h7-12H,4-6H2,1-3H3,(H2,19,20,21). The molecule has 0 aromatic heterocycles. The predicted octanol–water partition coefficient (Wildman–Crippen LogP) is 3.36. The molecule has 0 atom stereocenters. The number of methoxy groups -OCH3 is 3. The van der Waals surface area contributed by atoms with Crippen LogP contribution in [-0.4, -0.2) is 31.1 Å². The third-order valence-corrected chi connectivity index (χ3v) is 4.26. The van der Waals surface area contributed by atoms with Crippen LogP contribution in [-0.2, 0) is 17.4 Å². The third-order valence-electron chi connectivity index (χ3n) is 3.82. The predicted molar refractivity (Wildman–Crippen MR) is 97.2 cm³/mol. The molecular formula is C18H23O7P. The normalized spacial score (nSPS) is 11.1. The third kappa shape index (κ3) is 5.66. The first kappa shape index (κ1) is 20.1. The smallest absolute Gasteiger partial charge is 0.493 e. The molecule has 2 rings (SSSR count). The Bertz CT molecular complexity index is 785. The van der Waals surface area contributed by atoms with E-state index in [9.17, 15) is 4.57 Å². The Hall–Kier alpha value is -2.21. The van der Waals surface area contributed by atoms with Crippen molar-refractivity contribution in [2.45, 2.75) is 19.3 Å². The Morgan fingerprint density at radius 2 is 1.23 bits per heavy atom. The van der Waals surface area contributed by atoms with Crippen molar-refractivity contribution in [1.29, 1.82) is 0 Å². The molecule has 2 aromatic rings. The van der Waals surface area contributed by atoms with Crippen LogP contribution < -0.4 is 18.7 Å². The van der Waals surface area contributed by atoms with Gasteiger partial charge in [0.15, 0.2) is 23.0 Å². The highest BCUT2D eigenvalue weighted by Gasteiger charge is 2.19. The molecule has 142 valence electrons. The van der Waals surface area contributed by atoms with Crippen molar-refractivity contribution in [3.8, 4) is 23.0 Å². The van der Waals surface area contributed by atoms with Crippen molar-refractivity contribution in [2.75, 3.05) is 21.3 Å². The zero-order valence-electron chi connectivity index (χ0n) is 15.0. The molecule has 0 aliphatic heterocycles. The van der Waals surface area contributed by atoms with Gasteiger partial charge in [-0.2, -0.15) is 0 Å². The zero-order valence-corrected chi connectivity index (χ0v) is 15.9. The molecule has 0 aliphatic carbocycles. The largest absolute Gasteiger partial charge is 0.524 e. The molecule has 0 fully saturated rings. The summed E-state index contributed by atoms with van der Waals surface area (Å²) in [4.78, 5) is 18.0. The Labute approximate surface area is 152 Å². The summed E-state index contributed by atoms with van der Waals surface area (Å²) in [5, 5.41) is 0. The highest BCUT2D eigenvalue weighted by molar-refractivity contribution is 7.46. The molecule has 0 amide bonds. The van der Waals surface area contributed by atoms with Gasteiger partial charge in [0, 0.05) is 0 Å². The number of phosphoric ester groups is 1. The van der Waals surface area contributed by atoms with Gasteiger partial charge in [-0.3, -0.25) is 9.79 Å². The molecule has 8 heteroatoms. The van der Waals surface area contributed by atoms with Crippen molar-refractivity contribution in [1.82, 2.24) is 0 Å². The summed E-state index contributed by atoms with van der Waals surface area (Å²) >= 11 is 0. The van der Waals surface area contributed by atoms with E-state index in [0.29, 0.717) is 11.5 Å². The Morgan fingerprint density at radius 1 is 0.769 bits per heavy atom. The van der Waals surface area contributed by atoms with Crippen molar-refractivity contribution in [2.24, 2.45) is 0 Å². The van der Waals surface area contributed by atoms with Gasteiger partial charge in [0.25, 0.3) is 0 Å². The number of ether oxygens (including phenoxy) is 3. The van der Waals surface area contributed by atoms with Crippen LogP contribution in [0.3, 0.4) is 0 Å². The first-order valence-corrected chi connectivity index (χ1v) is 9.52. The van der Waals surface area contributed by atoms with E-state index in [2.05, 4.69) is 0 Å². The van der Waals surface area contributed by atoms with E-state index in [1.165, 1.54) is 7.11 Å². The topological polar surface area (TPSA) is 94.5 Å². The van der Waals surface area contributed by atoms with E-state index >= 15 is 0 Å². The van der Waals surface area contributed by atoms with Gasteiger partial charge in [-0.25, -0.2) is 4.57 Å². The van der Waals surface area contributed by atoms with E-state index in [0.717, 1.165) is 30.4 Å². The lowest BCUT2D eigenvalue weighted by Crippen LogP contribution is -1.97. The van der Waals surface area contributed by atoms with Crippen LogP contribution in [0.2, 0.25) is 0 Å². The highest BCUT2D eigenvalue weighted by Crippen LogP contribution is 2.42. The summed E-state index contributed by atoms with van der Waals surface area (Å²) < 4.78 is 31.4. The van der Waals surface area contributed by atoms with Crippen LogP contribution in [0.15, 0.2) is 36.4 Å². The van der Waals surface area contributed by atoms with Crippen molar-refractivity contribution in [3.63, 3.8) is 0 Å². The van der Waals surface area contributed by atoms with E-state index in [1.54, 1.807) is 26.4 Å². The van der Waals surface area contributed by atoms with Gasteiger partial charge < -0.3 is 18.7 Å². The molecule has 0 unspecified atom stereocenters. The van der Waals surface area contributed by atoms with Gasteiger partial charge in [-0.05, 0) is 54.7 Å². The summed E-state index contributed by atoms with van der Waals surface area (Å²) in [7, 11) is -0.0343. The molecule has 26 heavy (non-hydrogen) atoms. The monoisotopic (exact) mass is 382 g/mol. The summed E-state index contributed by atoms with van der Waals surface area (Å²) in [6.45, 7) is 0. The van der Waals surface area contributed by atoms with Gasteiger partial charge in [-0.1, -0.05) is 12.1 Å². The first-order valence-electron chi connectivity index (χ1n) is 7.99. The number of phosphoric acid groups is 1. The van der Waals surface area contributed by atoms with Gasteiger partial charge in [-0.15, -0.1) is 0 Å². The molecule has 2 aromatic carbocycles. The van der Waals surface area contributed by atoms with Crippen LogP contribution in [0, 0.1) is 0 Å². The average molecular weight is 382 g/mol. The lowest BCUT2D eigenvalue weighted by Gasteiger charge is -2.13. The fraction of sp³-hybridized carbons (Fsp3) is 0.333. The molecule has 0 aliphatic rings. The number of benzene rings is 2. The highest BCUT2D eigenvalue weighted by atomic mass is 31.2. The molecule has 0 bridgehead atoms. The van der Waals surface area contributed by atoms with Gasteiger partial charge in [0.1, 0.15) is 0 Å². The molecule has 0 heterocycles. The minimum absolute atomic E-state index is 0.0319. The van der Waals surface area contributed by atoms with Crippen LogP contribution in [0.25, 0.3) is 0 Å². The molecule has 2 N–H and O–H groups in total. The average Bonchev–Trinajstić information content (AvgIpc) is 2.60. The van der Waals surface area contributed by atoms with E-state index in [1.807, 2.05) is 24.3 Å². The van der Waals surface area contributed by atoms with Crippen molar-refractivity contribution < 1.29 is 33.1 Å². The fourth-order valence-corrected chi connectivity index (χ4v) is 3.01. The van der Waals surface area contributed by atoms with Crippen LogP contribution in [0.5, 0.6) is 23.0 Å². The second-order valence-corrected chi connectivity index (χ2v) is 6.77. The lowest BCUT2D eigenvalue weighted by molar-refractivity contribution is 0.276. The summed E-state index contributed by atoms with van der Waals surface area (Å²) in [5.41, 5.74) is 2.01. The molecule has 7 nitrogen and oxygen atoms in total. The number of rotatable bonds is 9. The van der Waals surface area contributed by atoms with Gasteiger partial charge >= 0.3 is 7.82 Å². The van der Waals surface area contributed by atoms with Crippen LogP contribution in [0.1, 0.15) is 17.5 Å². The Kier molecular flexibility index (Phi) is 6.91.